The van der Waals surface area contributed by atoms with Crippen LogP contribution in [-0.4, -0.2) is 29.2 Å². The predicted octanol–water partition coefficient (Wildman–Crippen LogP) is 0.237. The lowest BCUT2D eigenvalue weighted by Gasteiger charge is -2.35. The van der Waals surface area contributed by atoms with E-state index >= 15 is 0 Å². The minimum atomic E-state index is 0.167. The molecule has 2 aliphatic rings. The number of rotatable bonds is 1. The molecule has 1 unspecified atom stereocenters. The van der Waals surface area contributed by atoms with Crippen LogP contribution in [0.15, 0.2) is 6.33 Å². The molecule has 0 amide bonds. The van der Waals surface area contributed by atoms with Crippen molar-refractivity contribution >= 4 is 0 Å². The molecule has 4 nitrogen and oxygen atoms in total. The van der Waals surface area contributed by atoms with Crippen molar-refractivity contribution < 1.29 is 0 Å². The average Bonchev–Trinajstić information content (AvgIpc) is 2.86. The highest BCUT2D eigenvalue weighted by molar-refractivity contribution is 5.28. The van der Waals surface area contributed by atoms with Gasteiger partial charge in [-0.3, -0.25) is 0 Å². The van der Waals surface area contributed by atoms with E-state index in [1.54, 1.807) is 0 Å². The maximum absolute atomic E-state index is 4.54. The quantitative estimate of drug-likeness (QED) is 0.691. The molecule has 3 heterocycles. The smallest absolute Gasteiger partial charge is 0.0952 e. The molecule has 2 N–H and O–H groups in total. The summed E-state index contributed by atoms with van der Waals surface area (Å²) in [5.74, 6) is 0. The van der Waals surface area contributed by atoms with E-state index in [2.05, 4.69) is 27.1 Å². The molecule has 4 heteroatoms. The Bertz CT molecular complexity index is 349. The second-order valence-corrected chi connectivity index (χ2v) is 4.51. The highest BCUT2D eigenvalue weighted by Gasteiger charge is 2.41. The van der Waals surface area contributed by atoms with Crippen LogP contribution in [0.2, 0.25) is 0 Å². The van der Waals surface area contributed by atoms with E-state index in [9.17, 15) is 0 Å². The normalized spacial score (nSPS) is 29.7. The highest BCUT2D eigenvalue weighted by atomic mass is 15.2. The molecule has 2 aliphatic heterocycles. The summed E-state index contributed by atoms with van der Waals surface area (Å²) >= 11 is 0. The number of nitrogens with zero attached hydrogens (tertiary/aromatic N) is 2. The Hall–Kier alpha value is -0.870. The van der Waals surface area contributed by atoms with Gasteiger partial charge in [-0.1, -0.05) is 0 Å². The van der Waals surface area contributed by atoms with Crippen molar-refractivity contribution in [2.75, 3.05) is 19.6 Å². The number of aromatic nitrogens is 2. The van der Waals surface area contributed by atoms with E-state index < -0.39 is 0 Å². The lowest BCUT2D eigenvalue weighted by molar-refractivity contribution is 0.322. The van der Waals surface area contributed by atoms with Gasteiger partial charge in [0.15, 0.2) is 0 Å². The summed E-state index contributed by atoms with van der Waals surface area (Å²) in [5, 5.41) is 7.15. The summed E-state index contributed by atoms with van der Waals surface area (Å²) in [5.41, 5.74) is 2.90. The molecule has 0 bridgehead atoms. The molecule has 0 aromatic carbocycles. The van der Waals surface area contributed by atoms with Crippen LogP contribution < -0.4 is 10.6 Å². The van der Waals surface area contributed by atoms with Crippen molar-refractivity contribution in [2.24, 2.45) is 0 Å². The maximum atomic E-state index is 4.54. The molecule has 1 fully saturated rings. The van der Waals surface area contributed by atoms with E-state index in [0.717, 1.165) is 32.6 Å². The summed E-state index contributed by atoms with van der Waals surface area (Å²) in [6.07, 6.45) is 4.26. The number of aryl methyl sites for hydroxylation is 1. The van der Waals surface area contributed by atoms with E-state index in [1.807, 2.05) is 6.33 Å². The average molecular weight is 206 g/mol. The van der Waals surface area contributed by atoms with E-state index in [4.69, 9.17) is 0 Å². The van der Waals surface area contributed by atoms with Crippen LogP contribution in [0, 0.1) is 0 Å². The Kier molecular flexibility index (Phi) is 2.07. The first-order chi connectivity index (χ1) is 7.36. The molecule has 1 spiro atoms. The summed E-state index contributed by atoms with van der Waals surface area (Å²) in [4.78, 5) is 4.54. The van der Waals surface area contributed by atoms with Crippen molar-refractivity contribution in [3.8, 4) is 0 Å². The van der Waals surface area contributed by atoms with Crippen LogP contribution in [0.25, 0.3) is 0 Å². The Morgan fingerprint density at radius 2 is 2.47 bits per heavy atom. The molecule has 0 radical (unpaired) electrons. The predicted molar refractivity (Wildman–Crippen MR) is 58.8 cm³/mol. The molecule has 1 atom stereocenters. The molecule has 1 saturated heterocycles. The van der Waals surface area contributed by atoms with Gasteiger partial charge in [0.2, 0.25) is 0 Å². The maximum Gasteiger partial charge on any atom is 0.0952 e. The van der Waals surface area contributed by atoms with Crippen molar-refractivity contribution in [3.05, 3.63) is 17.7 Å². The molecule has 1 aromatic heterocycles. The third-order valence-electron chi connectivity index (χ3n) is 3.69. The van der Waals surface area contributed by atoms with Gasteiger partial charge in [-0.2, -0.15) is 0 Å². The van der Waals surface area contributed by atoms with Gasteiger partial charge in [-0.05, 0) is 19.9 Å². The fourth-order valence-electron chi connectivity index (χ4n) is 2.95. The zero-order chi connectivity index (χ0) is 10.3. The van der Waals surface area contributed by atoms with Gasteiger partial charge < -0.3 is 15.2 Å². The lowest BCUT2D eigenvalue weighted by atomic mass is 9.88. The first kappa shape index (κ1) is 9.36. The van der Waals surface area contributed by atoms with Gasteiger partial charge >= 0.3 is 0 Å². The van der Waals surface area contributed by atoms with Gasteiger partial charge in [0.05, 0.1) is 23.3 Å². The summed E-state index contributed by atoms with van der Waals surface area (Å²) in [7, 11) is 0. The van der Waals surface area contributed by atoms with E-state index in [-0.39, 0.29) is 5.54 Å². The number of hydrogen-bond acceptors (Lipinski definition) is 3. The Morgan fingerprint density at radius 1 is 1.53 bits per heavy atom. The van der Waals surface area contributed by atoms with Gasteiger partial charge in [0.25, 0.3) is 0 Å². The van der Waals surface area contributed by atoms with Crippen LogP contribution in [0.1, 0.15) is 24.7 Å². The number of hydrogen-bond donors (Lipinski definition) is 2. The Labute approximate surface area is 90.1 Å². The third kappa shape index (κ3) is 1.25. The minimum absolute atomic E-state index is 0.167. The Morgan fingerprint density at radius 3 is 3.20 bits per heavy atom. The molecular formula is C11H18N4. The van der Waals surface area contributed by atoms with Crippen LogP contribution in [0.4, 0.5) is 0 Å². The zero-order valence-electron chi connectivity index (χ0n) is 9.21. The molecule has 0 aliphatic carbocycles. The largest absolute Gasteiger partial charge is 0.333 e. The molecule has 3 rings (SSSR count). The minimum Gasteiger partial charge on any atom is -0.333 e. The Balaban J connectivity index is 2.11. The summed E-state index contributed by atoms with van der Waals surface area (Å²) in [6.45, 7) is 6.43. The second kappa shape index (κ2) is 3.32. The van der Waals surface area contributed by atoms with E-state index in [0.29, 0.717) is 0 Å². The third-order valence-corrected chi connectivity index (χ3v) is 3.69. The number of nitrogens with one attached hydrogen (secondary N) is 2. The topological polar surface area (TPSA) is 41.9 Å². The van der Waals surface area contributed by atoms with E-state index in [1.165, 1.54) is 17.8 Å². The first-order valence-electron chi connectivity index (χ1n) is 5.86. The zero-order valence-corrected chi connectivity index (χ0v) is 9.21. The van der Waals surface area contributed by atoms with Crippen LogP contribution in [0.3, 0.4) is 0 Å². The molecule has 0 saturated carbocycles. The first-order valence-corrected chi connectivity index (χ1v) is 5.86. The molecule has 15 heavy (non-hydrogen) atoms. The lowest BCUT2D eigenvalue weighted by Crippen LogP contribution is -2.50. The van der Waals surface area contributed by atoms with Crippen molar-refractivity contribution in [1.82, 2.24) is 20.2 Å². The number of imidazole rings is 1. The highest BCUT2D eigenvalue weighted by Crippen LogP contribution is 2.33. The van der Waals surface area contributed by atoms with Crippen LogP contribution in [0.5, 0.6) is 0 Å². The van der Waals surface area contributed by atoms with Gasteiger partial charge in [-0.25, -0.2) is 4.98 Å². The molecule has 1 aromatic rings. The molecular weight excluding hydrogens is 188 g/mol. The number of fused-ring (bicyclic) bond motifs is 2. The van der Waals surface area contributed by atoms with Crippen LogP contribution in [-0.2, 0) is 18.5 Å². The SMILES string of the molecule is CCn1cnc2c1C1(CCNC1)NCC2. The van der Waals surface area contributed by atoms with Gasteiger partial charge in [0.1, 0.15) is 0 Å². The van der Waals surface area contributed by atoms with Crippen LogP contribution >= 0.6 is 0 Å². The van der Waals surface area contributed by atoms with Gasteiger partial charge in [0, 0.05) is 26.1 Å². The monoisotopic (exact) mass is 206 g/mol. The fraction of sp³-hybridized carbons (Fsp3) is 0.727. The van der Waals surface area contributed by atoms with Gasteiger partial charge in [-0.15, -0.1) is 0 Å². The fourth-order valence-corrected chi connectivity index (χ4v) is 2.95. The van der Waals surface area contributed by atoms with Crippen molar-refractivity contribution in [1.29, 1.82) is 0 Å². The standard InChI is InChI=1S/C11H18N4/c1-2-15-8-13-9-3-5-14-11(10(9)15)4-6-12-7-11/h8,12,14H,2-7H2,1H3. The summed E-state index contributed by atoms with van der Waals surface area (Å²) in [6, 6.07) is 0. The van der Waals surface area contributed by atoms with Crippen molar-refractivity contribution in [2.45, 2.75) is 31.8 Å². The summed E-state index contributed by atoms with van der Waals surface area (Å²) < 4.78 is 2.30. The molecule has 82 valence electrons. The van der Waals surface area contributed by atoms with Crippen molar-refractivity contribution in [3.63, 3.8) is 0 Å². The second-order valence-electron chi connectivity index (χ2n) is 4.51.